The monoisotopic (exact) mass is 406 g/mol. The third-order valence-corrected chi connectivity index (χ3v) is 5.34. The number of hydrogen-bond donors (Lipinski definition) is 1. The van der Waals surface area contributed by atoms with Gasteiger partial charge in [0.25, 0.3) is 5.91 Å². The number of nitrogens with one attached hydrogen (secondary N) is 1. The number of rotatable bonds is 7. The first-order valence-corrected chi connectivity index (χ1v) is 10.4. The molecule has 1 saturated carbocycles. The van der Waals surface area contributed by atoms with Crippen LogP contribution in [0.1, 0.15) is 70.6 Å². The quantitative estimate of drug-likeness (QED) is 0.465. The molecule has 0 spiro atoms. The molecule has 4 rings (SSSR count). The van der Waals surface area contributed by atoms with Crippen molar-refractivity contribution in [2.24, 2.45) is 7.05 Å². The number of ether oxygens (including phenoxy) is 1. The number of benzene rings is 1. The molecule has 1 aliphatic rings. The molecule has 1 amide bonds. The average Bonchev–Trinajstić information content (AvgIpc) is 3.54. The summed E-state index contributed by atoms with van der Waals surface area (Å²) in [5.41, 5.74) is 4.11. The van der Waals surface area contributed by atoms with Crippen LogP contribution < -0.4 is 5.32 Å². The van der Waals surface area contributed by atoms with Gasteiger partial charge in [-0.1, -0.05) is 13.3 Å². The van der Waals surface area contributed by atoms with Gasteiger partial charge in [-0.15, -0.1) is 0 Å². The molecule has 1 N–H and O–H groups in total. The first-order valence-electron chi connectivity index (χ1n) is 10.4. The van der Waals surface area contributed by atoms with Crippen LogP contribution in [-0.4, -0.2) is 33.2 Å². The van der Waals surface area contributed by atoms with Crippen molar-refractivity contribution in [2.45, 2.75) is 45.4 Å². The van der Waals surface area contributed by atoms with Crippen LogP contribution in [0, 0.1) is 6.92 Å². The molecule has 0 bridgehead atoms. The van der Waals surface area contributed by atoms with Gasteiger partial charge in [0.15, 0.2) is 5.65 Å². The smallest absolute Gasteiger partial charge is 0.338 e. The standard InChI is InChI=1S/C23H26N4O3/c1-4-5-12-30-23(29)16-8-10-17(11-9-16)24-22(28)18-13-19(15-6-7-15)25-21-20(18)14(2)26-27(21)3/h8-11,13,15H,4-7,12H2,1-3H3,(H,24,28). The number of unbranched alkanes of at least 4 members (excludes halogenated alkanes) is 1. The fraction of sp³-hybridized carbons (Fsp3) is 0.391. The zero-order valence-electron chi connectivity index (χ0n) is 17.6. The molecular weight excluding hydrogens is 380 g/mol. The highest BCUT2D eigenvalue weighted by Crippen LogP contribution is 2.40. The Labute approximate surface area is 175 Å². The molecule has 1 aromatic carbocycles. The summed E-state index contributed by atoms with van der Waals surface area (Å²) in [6, 6.07) is 8.65. The molecule has 1 aliphatic carbocycles. The maximum absolute atomic E-state index is 13.1. The first kappa shape index (κ1) is 20.1. The molecule has 2 heterocycles. The van der Waals surface area contributed by atoms with Crippen LogP contribution >= 0.6 is 0 Å². The lowest BCUT2D eigenvalue weighted by atomic mass is 10.1. The number of aromatic nitrogens is 3. The maximum atomic E-state index is 13.1. The van der Waals surface area contributed by atoms with Crippen molar-refractivity contribution in [1.82, 2.24) is 14.8 Å². The molecule has 0 unspecified atom stereocenters. The highest BCUT2D eigenvalue weighted by molar-refractivity contribution is 6.12. The maximum Gasteiger partial charge on any atom is 0.338 e. The molecular formula is C23H26N4O3. The van der Waals surface area contributed by atoms with E-state index in [0.29, 0.717) is 29.3 Å². The minimum absolute atomic E-state index is 0.210. The zero-order valence-corrected chi connectivity index (χ0v) is 17.6. The molecule has 2 aromatic heterocycles. The van der Waals surface area contributed by atoms with Crippen molar-refractivity contribution in [2.75, 3.05) is 11.9 Å². The Morgan fingerprint density at radius 2 is 1.97 bits per heavy atom. The fourth-order valence-electron chi connectivity index (χ4n) is 3.51. The lowest BCUT2D eigenvalue weighted by molar-refractivity contribution is 0.0499. The molecule has 3 aromatic rings. The van der Waals surface area contributed by atoms with Crippen molar-refractivity contribution < 1.29 is 14.3 Å². The Morgan fingerprint density at radius 1 is 1.23 bits per heavy atom. The van der Waals surface area contributed by atoms with Crippen LogP contribution in [-0.2, 0) is 11.8 Å². The summed E-state index contributed by atoms with van der Waals surface area (Å²) in [6.45, 7) is 4.35. The van der Waals surface area contributed by atoms with Crippen LogP contribution in [0.3, 0.4) is 0 Å². The number of carbonyl (C=O) groups is 2. The lowest BCUT2D eigenvalue weighted by Gasteiger charge is -2.10. The van der Waals surface area contributed by atoms with Gasteiger partial charge < -0.3 is 10.1 Å². The average molecular weight is 406 g/mol. The third-order valence-electron chi connectivity index (χ3n) is 5.34. The Balaban J connectivity index is 1.55. The van der Waals surface area contributed by atoms with Gasteiger partial charge in [0.2, 0.25) is 0 Å². The van der Waals surface area contributed by atoms with Crippen LogP contribution in [0.15, 0.2) is 30.3 Å². The van der Waals surface area contributed by atoms with E-state index in [2.05, 4.69) is 10.4 Å². The molecule has 30 heavy (non-hydrogen) atoms. The minimum Gasteiger partial charge on any atom is -0.462 e. The van der Waals surface area contributed by atoms with Crippen molar-refractivity contribution >= 4 is 28.6 Å². The molecule has 7 nitrogen and oxygen atoms in total. The summed E-state index contributed by atoms with van der Waals surface area (Å²) < 4.78 is 6.95. The Kier molecular flexibility index (Phi) is 5.53. The highest BCUT2D eigenvalue weighted by atomic mass is 16.5. The second kappa shape index (κ2) is 8.26. The molecule has 0 radical (unpaired) electrons. The van der Waals surface area contributed by atoms with Gasteiger partial charge in [-0.3, -0.25) is 9.48 Å². The van der Waals surface area contributed by atoms with E-state index in [1.807, 2.05) is 27.0 Å². The van der Waals surface area contributed by atoms with Crippen LogP contribution in [0.4, 0.5) is 5.69 Å². The number of esters is 1. The minimum atomic E-state index is -0.350. The van der Waals surface area contributed by atoms with Crippen molar-refractivity contribution in [3.8, 4) is 0 Å². The molecule has 0 saturated heterocycles. The summed E-state index contributed by atoms with van der Waals surface area (Å²) >= 11 is 0. The van der Waals surface area contributed by atoms with Gasteiger partial charge in [0.05, 0.1) is 28.8 Å². The van der Waals surface area contributed by atoms with Gasteiger partial charge in [0.1, 0.15) is 0 Å². The Hall–Kier alpha value is -3.22. The fourth-order valence-corrected chi connectivity index (χ4v) is 3.51. The van der Waals surface area contributed by atoms with Crippen LogP contribution in [0.25, 0.3) is 11.0 Å². The zero-order chi connectivity index (χ0) is 21.3. The van der Waals surface area contributed by atoms with Crippen LogP contribution in [0.5, 0.6) is 0 Å². The van der Waals surface area contributed by atoms with Crippen LogP contribution in [0.2, 0.25) is 0 Å². The number of fused-ring (bicyclic) bond motifs is 1. The van der Waals surface area contributed by atoms with E-state index in [-0.39, 0.29) is 11.9 Å². The van der Waals surface area contributed by atoms with Gasteiger partial charge in [-0.2, -0.15) is 5.10 Å². The second-order valence-corrected chi connectivity index (χ2v) is 7.80. The predicted octanol–water partition coefficient (Wildman–Crippen LogP) is 4.36. The molecule has 0 aliphatic heterocycles. The van der Waals surface area contributed by atoms with E-state index in [1.165, 1.54) is 0 Å². The lowest BCUT2D eigenvalue weighted by Crippen LogP contribution is -2.14. The summed E-state index contributed by atoms with van der Waals surface area (Å²) in [6.07, 6.45) is 4.02. The van der Waals surface area contributed by atoms with E-state index in [0.717, 1.165) is 48.1 Å². The first-order chi connectivity index (χ1) is 14.5. The Morgan fingerprint density at radius 3 is 2.63 bits per heavy atom. The number of anilines is 1. The number of pyridine rings is 1. The molecule has 0 atom stereocenters. The van der Waals surface area contributed by atoms with Gasteiger partial charge in [-0.25, -0.2) is 9.78 Å². The van der Waals surface area contributed by atoms with Crippen molar-refractivity contribution in [1.29, 1.82) is 0 Å². The molecule has 156 valence electrons. The van der Waals surface area contributed by atoms with E-state index >= 15 is 0 Å². The van der Waals surface area contributed by atoms with E-state index < -0.39 is 0 Å². The number of hydrogen-bond acceptors (Lipinski definition) is 5. The predicted molar refractivity (Wildman–Crippen MR) is 115 cm³/mol. The largest absolute Gasteiger partial charge is 0.462 e. The SMILES string of the molecule is CCCCOC(=O)c1ccc(NC(=O)c2cc(C3CC3)nc3c2c(C)nn3C)cc1. The van der Waals surface area contributed by atoms with Crippen molar-refractivity contribution in [3.63, 3.8) is 0 Å². The summed E-state index contributed by atoms with van der Waals surface area (Å²) in [5, 5.41) is 8.16. The summed E-state index contributed by atoms with van der Waals surface area (Å²) in [4.78, 5) is 29.9. The summed E-state index contributed by atoms with van der Waals surface area (Å²) in [5.74, 6) is -0.134. The number of aryl methyl sites for hydroxylation is 2. The topological polar surface area (TPSA) is 86.1 Å². The number of amides is 1. The van der Waals surface area contributed by atoms with Gasteiger partial charge in [0, 0.05) is 24.3 Å². The second-order valence-electron chi connectivity index (χ2n) is 7.80. The highest BCUT2D eigenvalue weighted by Gasteiger charge is 2.28. The van der Waals surface area contributed by atoms with Gasteiger partial charge in [-0.05, 0) is 56.5 Å². The normalized spacial score (nSPS) is 13.4. The molecule has 1 fully saturated rings. The van der Waals surface area contributed by atoms with E-state index in [1.54, 1.807) is 28.9 Å². The van der Waals surface area contributed by atoms with E-state index in [9.17, 15) is 9.59 Å². The third kappa shape index (κ3) is 4.06. The van der Waals surface area contributed by atoms with Gasteiger partial charge >= 0.3 is 5.97 Å². The number of carbonyl (C=O) groups excluding carboxylic acids is 2. The van der Waals surface area contributed by atoms with Crippen molar-refractivity contribution in [3.05, 3.63) is 52.8 Å². The van der Waals surface area contributed by atoms with E-state index in [4.69, 9.17) is 9.72 Å². The number of nitrogens with zero attached hydrogens (tertiary/aromatic N) is 3. The summed E-state index contributed by atoms with van der Waals surface area (Å²) in [7, 11) is 1.85. The molecule has 7 heteroatoms. The Bertz CT molecular complexity index is 1100.